The number of methoxy groups -OCH3 is 4. The standard InChI is InChI=1S/C23H21N3O5.C16H13BrN2O3.C7H9NO2.CH4/c1-25-12-11-23(29,22(25)28)10-9-15-5-4-6-16(13-15)26-19-14-17(30-2)7-8-18(19)20(24-26)21(27)31-3;1-21-12-6-7-13-14(9-12)19(18-15(13)16(20)22-2)11-5-3-4-10(17)8-11;1-3-7(10)4-5-8(2)6(7)9;/h4-8,13-14,29H,11-12H2,1-3H3;3-9H,1-2H3;1,10H,4-5H2,2H3;1H4/t23-;;7-;/m0.0./s1. The number of halogens is 1. The maximum Gasteiger partial charge on any atom is 0.359 e. The van der Waals surface area contributed by atoms with Gasteiger partial charge in [0.25, 0.3) is 11.8 Å². The fourth-order valence-corrected chi connectivity index (χ4v) is 7.18. The van der Waals surface area contributed by atoms with Crippen LogP contribution in [0.4, 0.5) is 0 Å². The maximum absolute atomic E-state index is 12.2. The zero-order valence-electron chi connectivity index (χ0n) is 35.2. The second-order valence-corrected chi connectivity index (χ2v) is 15.3. The first-order chi connectivity index (χ1) is 30.1. The van der Waals surface area contributed by atoms with Gasteiger partial charge in [0, 0.05) is 73.0 Å². The van der Waals surface area contributed by atoms with Gasteiger partial charge in [-0.1, -0.05) is 53.3 Å². The number of amides is 2. The fraction of sp³-hybridized carbons (Fsp3) is 0.277. The Morgan fingerprint density at radius 3 is 1.58 bits per heavy atom. The van der Waals surface area contributed by atoms with Crippen LogP contribution in [0.3, 0.4) is 0 Å². The van der Waals surface area contributed by atoms with Gasteiger partial charge in [-0.2, -0.15) is 10.2 Å². The molecule has 6 aromatic rings. The summed E-state index contributed by atoms with van der Waals surface area (Å²) in [5.41, 5.74) is 0.799. The third-order valence-electron chi connectivity index (χ3n) is 10.3. The number of ether oxygens (including phenoxy) is 4. The summed E-state index contributed by atoms with van der Waals surface area (Å²) in [6, 6.07) is 25.6. The summed E-state index contributed by atoms with van der Waals surface area (Å²) >= 11 is 3.44. The van der Waals surface area contributed by atoms with Crippen LogP contribution in [0.25, 0.3) is 33.2 Å². The SMILES string of the molecule is C.C#C[C@]1(O)CCN(C)C1=O.COC(=O)c1nn(-c2cccc(Br)c2)c2cc(OC)ccc12.COC(=O)c1nn(-c2cccc(C#C[C@]3(O)CCN(C)C3=O)c2)c2cc(OC)ccc12. The third-order valence-corrected chi connectivity index (χ3v) is 10.8. The lowest BCUT2D eigenvalue weighted by atomic mass is 10.0. The molecule has 2 saturated heterocycles. The summed E-state index contributed by atoms with van der Waals surface area (Å²) in [7, 11) is 9.07. The molecule has 2 atom stereocenters. The Morgan fingerprint density at radius 2 is 1.17 bits per heavy atom. The van der Waals surface area contributed by atoms with Gasteiger partial charge in [-0.3, -0.25) is 9.59 Å². The van der Waals surface area contributed by atoms with E-state index in [9.17, 15) is 29.4 Å². The van der Waals surface area contributed by atoms with Gasteiger partial charge >= 0.3 is 11.9 Å². The molecule has 2 aliphatic heterocycles. The number of nitrogens with zero attached hydrogens (tertiary/aromatic N) is 6. The highest BCUT2D eigenvalue weighted by molar-refractivity contribution is 9.10. The summed E-state index contributed by atoms with van der Waals surface area (Å²) in [4.78, 5) is 50.2. The Hall–Kier alpha value is -7.18. The molecular weight excluding hydrogens is 888 g/mol. The number of esters is 2. The van der Waals surface area contributed by atoms with Gasteiger partial charge in [0.1, 0.15) is 11.5 Å². The van der Waals surface area contributed by atoms with Crippen molar-refractivity contribution in [2.24, 2.45) is 0 Å². The number of carbonyl (C=O) groups is 4. The van der Waals surface area contributed by atoms with Gasteiger partial charge < -0.3 is 39.0 Å². The van der Waals surface area contributed by atoms with E-state index < -0.39 is 29.0 Å². The van der Waals surface area contributed by atoms with Gasteiger partial charge in [0.2, 0.25) is 11.2 Å². The Labute approximate surface area is 378 Å². The second kappa shape index (κ2) is 19.9. The molecule has 0 saturated carbocycles. The first-order valence-corrected chi connectivity index (χ1v) is 20.0. The van der Waals surface area contributed by atoms with Crippen molar-refractivity contribution in [2.75, 3.05) is 55.6 Å². The number of aromatic nitrogens is 4. The summed E-state index contributed by atoms with van der Waals surface area (Å²) in [6.07, 6.45) is 5.58. The fourth-order valence-electron chi connectivity index (χ4n) is 6.79. The number of rotatable bonds is 6. The molecule has 0 unspecified atom stereocenters. The minimum Gasteiger partial charge on any atom is -0.497 e. The lowest BCUT2D eigenvalue weighted by Gasteiger charge is -2.13. The Morgan fingerprint density at radius 1 is 0.703 bits per heavy atom. The number of terminal acetylenes is 1. The first-order valence-electron chi connectivity index (χ1n) is 19.2. The van der Waals surface area contributed by atoms with E-state index in [1.165, 1.54) is 24.0 Å². The number of likely N-dealkylation sites (N-methyl/N-ethyl adjacent to an activating group) is 2. The quantitative estimate of drug-likeness (QED) is 0.165. The zero-order valence-corrected chi connectivity index (χ0v) is 36.8. The Bertz CT molecular complexity index is 2860. The molecule has 4 aromatic carbocycles. The summed E-state index contributed by atoms with van der Waals surface area (Å²) in [5.74, 6) is 7.22. The van der Waals surface area contributed by atoms with E-state index in [0.717, 1.165) is 15.7 Å². The van der Waals surface area contributed by atoms with E-state index in [2.05, 4.69) is 43.9 Å². The third kappa shape index (κ3) is 9.72. The maximum atomic E-state index is 12.2. The van der Waals surface area contributed by atoms with Crippen molar-refractivity contribution in [3.63, 3.8) is 0 Å². The summed E-state index contributed by atoms with van der Waals surface area (Å²) in [6.45, 7) is 1.00. The molecule has 16 nitrogen and oxygen atoms in total. The van der Waals surface area contributed by atoms with Crippen molar-refractivity contribution >= 4 is 61.5 Å². The Kier molecular flexibility index (Phi) is 14.9. The summed E-state index contributed by atoms with van der Waals surface area (Å²) < 4.78 is 24.5. The average molecular weight is 936 g/mol. The number of aliphatic hydroxyl groups is 2. The van der Waals surface area contributed by atoms with E-state index in [4.69, 9.17) is 25.4 Å². The molecule has 332 valence electrons. The van der Waals surface area contributed by atoms with Crippen LogP contribution in [-0.4, -0.2) is 130 Å². The highest BCUT2D eigenvalue weighted by Crippen LogP contribution is 2.29. The largest absolute Gasteiger partial charge is 0.497 e. The lowest BCUT2D eigenvalue weighted by Crippen LogP contribution is -2.37. The van der Waals surface area contributed by atoms with Crippen molar-refractivity contribution in [1.82, 2.24) is 29.4 Å². The molecule has 2 aromatic heterocycles. The molecule has 4 heterocycles. The highest BCUT2D eigenvalue weighted by atomic mass is 79.9. The topological polar surface area (TPSA) is 188 Å². The lowest BCUT2D eigenvalue weighted by molar-refractivity contribution is -0.138. The minimum absolute atomic E-state index is 0. The van der Waals surface area contributed by atoms with E-state index in [-0.39, 0.29) is 31.1 Å². The predicted octanol–water partition coefficient (Wildman–Crippen LogP) is 5.20. The minimum atomic E-state index is -1.67. The van der Waals surface area contributed by atoms with Crippen LogP contribution in [-0.2, 0) is 19.1 Å². The molecule has 2 N–H and O–H groups in total. The van der Waals surface area contributed by atoms with Crippen molar-refractivity contribution in [3.8, 4) is 47.1 Å². The van der Waals surface area contributed by atoms with E-state index in [1.807, 2.05) is 42.5 Å². The monoisotopic (exact) mass is 934 g/mol. The van der Waals surface area contributed by atoms with Crippen LogP contribution < -0.4 is 9.47 Å². The van der Waals surface area contributed by atoms with E-state index >= 15 is 0 Å². The van der Waals surface area contributed by atoms with Gasteiger partial charge in [0.05, 0.1) is 50.8 Å². The molecule has 2 amide bonds. The van der Waals surface area contributed by atoms with Crippen LogP contribution in [0.2, 0.25) is 0 Å². The second-order valence-electron chi connectivity index (χ2n) is 14.4. The molecule has 0 bridgehead atoms. The van der Waals surface area contributed by atoms with Crippen molar-refractivity contribution in [2.45, 2.75) is 31.5 Å². The summed E-state index contributed by atoms with van der Waals surface area (Å²) in [5, 5.41) is 30.0. The molecule has 64 heavy (non-hydrogen) atoms. The molecule has 2 aliphatic rings. The molecule has 2 fully saturated rings. The van der Waals surface area contributed by atoms with Crippen molar-refractivity contribution in [1.29, 1.82) is 0 Å². The molecule has 0 radical (unpaired) electrons. The van der Waals surface area contributed by atoms with Crippen LogP contribution in [0.5, 0.6) is 11.5 Å². The molecule has 0 aliphatic carbocycles. The van der Waals surface area contributed by atoms with Crippen LogP contribution in [0.1, 0.15) is 46.8 Å². The molecule has 0 spiro atoms. The highest BCUT2D eigenvalue weighted by Gasteiger charge is 2.43. The van der Waals surface area contributed by atoms with Gasteiger partial charge in [-0.05, 0) is 60.7 Å². The average Bonchev–Trinajstić information content (AvgIpc) is 4.03. The first kappa shape index (κ1) is 47.9. The van der Waals surface area contributed by atoms with E-state index in [0.29, 0.717) is 58.5 Å². The van der Waals surface area contributed by atoms with Crippen LogP contribution in [0, 0.1) is 24.2 Å². The number of hydrogen-bond donors (Lipinski definition) is 2. The van der Waals surface area contributed by atoms with Crippen LogP contribution in [0.15, 0.2) is 89.4 Å². The van der Waals surface area contributed by atoms with Gasteiger partial charge in [-0.25, -0.2) is 19.0 Å². The predicted molar refractivity (Wildman–Crippen MR) is 242 cm³/mol. The molecule has 8 rings (SSSR count). The van der Waals surface area contributed by atoms with Gasteiger partial charge in [0.15, 0.2) is 11.4 Å². The smallest absolute Gasteiger partial charge is 0.359 e. The Balaban J connectivity index is 0.000000203. The van der Waals surface area contributed by atoms with E-state index in [1.54, 1.807) is 80.1 Å². The number of benzene rings is 4. The number of likely N-dealkylation sites (tertiary alicyclic amines) is 2. The van der Waals surface area contributed by atoms with Crippen molar-refractivity contribution in [3.05, 3.63) is 106 Å². The van der Waals surface area contributed by atoms with Crippen LogP contribution >= 0.6 is 15.9 Å². The van der Waals surface area contributed by atoms with Gasteiger partial charge in [-0.15, -0.1) is 6.42 Å². The normalized spacial score (nSPS) is 17.5. The zero-order chi connectivity index (χ0) is 45.6. The number of hydrogen-bond acceptors (Lipinski definition) is 12. The molecule has 17 heteroatoms. The number of fused-ring (bicyclic) bond motifs is 2. The van der Waals surface area contributed by atoms with Crippen molar-refractivity contribution < 1.29 is 48.3 Å². The number of carbonyl (C=O) groups excluding carboxylic acids is 4. The molecular formula is C47H47BrN6O10.